The maximum Gasteiger partial charge on any atom is 0.168 e. The number of hydrogen-bond acceptors (Lipinski definition) is 4. The fourth-order valence-corrected chi connectivity index (χ4v) is 3.09. The molecule has 2 aromatic carbocycles. The summed E-state index contributed by atoms with van der Waals surface area (Å²) in [6, 6.07) is 14.2. The molecular formula is C20H21NO3. The van der Waals surface area contributed by atoms with Crippen LogP contribution < -0.4 is 0 Å². The molecule has 0 heterocycles. The summed E-state index contributed by atoms with van der Waals surface area (Å²) in [7, 11) is 0. The van der Waals surface area contributed by atoms with E-state index in [0.717, 1.165) is 16.3 Å². The van der Waals surface area contributed by atoms with Crippen LogP contribution in [-0.4, -0.2) is 23.2 Å². The van der Waals surface area contributed by atoms with E-state index >= 15 is 0 Å². The number of hydrogen-bond donors (Lipinski definition) is 1. The summed E-state index contributed by atoms with van der Waals surface area (Å²) in [6.07, 6.45) is 2.10. The average molecular weight is 323 g/mol. The van der Waals surface area contributed by atoms with Gasteiger partial charge in [-0.05, 0) is 29.7 Å². The summed E-state index contributed by atoms with van der Waals surface area (Å²) in [5.41, 5.74) is 1.91. The van der Waals surface area contributed by atoms with Crippen LogP contribution in [0.25, 0.3) is 10.8 Å². The molecule has 0 unspecified atom stereocenters. The van der Waals surface area contributed by atoms with E-state index in [9.17, 15) is 9.90 Å². The van der Waals surface area contributed by atoms with Crippen LogP contribution in [0.15, 0.2) is 59.0 Å². The molecule has 4 heteroatoms. The number of fused-ring (bicyclic) bond motifs is 1. The summed E-state index contributed by atoms with van der Waals surface area (Å²) < 4.78 is 0. The van der Waals surface area contributed by atoms with Crippen molar-refractivity contribution in [2.24, 2.45) is 5.16 Å². The molecule has 0 aromatic heterocycles. The molecule has 124 valence electrons. The number of oxime groups is 1. The minimum atomic E-state index is -0.0579. The summed E-state index contributed by atoms with van der Waals surface area (Å²) in [5, 5.41) is 16.6. The zero-order valence-corrected chi connectivity index (χ0v) is 13.8. The highest BCUT2D eigenvalue weighted by atomic mass is 16.6. The van der Waals surface area contributed by atoms with Gasteiger partial charge in [0.2, 0.25) is 0 Å². The first-order chi connectivity index (χ1) is 11.7. The van der Waals surface area contributed by atoms with Crippen LogP contribution in [0.2, 0.25) is 0 Å². The fraction of sp³-hybridized carbons (Fsp3) is 0.300. The largest absolute Gasteiger partial charge is 0.511 e. The Labute approximate surface area is 141 Å². The van der Waals surface area contributed by atoms with Crippen molar-refractivity contribution in [2.45, 2.75) is 32.6 Å². The molecule has 24 heavy (non-hydrogen) atoms. The van der Waals surface area contributed by atoms with E-state index in [0.29, 0.717) is 43.6 Å². The third-order valence-electron chi connectivity index (χ3n) is 4.22. The Bertz CT molecular complexity index is 815. The number of ketones is 1. The predicted octanol–water partition coefficient (Wildman–Crippen LogP) is 4.34. The van der Waals surface area contributed by atoms with Crippen molar-refractivity contribution >= 4 is 22.3 Å². The highest BCUT2D eigenvalue weighted by molar-refractivity contribution is 6.23. The first-order valence-electron chi connectivity index (χ1n) is 8.32. The fourth-order valence-electron chi connectivity index (χ4n) is 3.09. The van der Waals surface area contributed by atoms with Gasteiger partial charge >= 0.3 is 0 Å². The van der Waals surface area contributed by atoms with Crippen molar-refractivity contribution in [1.29, 1.82) is 0 Å². The van der Waals surface area contributed by atoms with Gasteiger partial charge in [-0.25, -0.2) is 0 Å². The molecule has 1 aliphatic carbocycles. The van der Waals surface area contributed by atoms with Crippen LogP contribution in [0.5, 0.6) is 0 Å². The van der Waals surface area contributed by atoms with Crippen molar-refractivity contribution in [3.05, 3.63) is 59.4 Å². The maximum absolute atomic E-state index is 12.3. The molecule has 0 radical (unpaired) electrons. The Kier molecular flexibility index (Phi) is 4.94. The van der Waals surface area contributed by atoms with Crippen LogP contribution in [0.1, 0.15) is 31.7 Å². The molecule has 0 bridgehead atoms. The average Bonchev–Trinajstić information content (AvgIpc) is 2.59. The first-order valence-corrected chi connectivity index (χ1v) is 8.32. The van der Waals surface area contributed by atoms with Crippen LogP contribution >= 0.6 is 0 Å². The van der Waals surface area contributed by atoms with Gasteiger partial charge in [0, 0.05) is 19.3 Å². The van der Waals surface area contributed by atoms with Crippen LogP contribution in [0.4, 0.5) is 0 Å². The zero-order chi connectivity index (χ0) is 16.9. The Morgan fingerprint density at radius 3 is 2.75 bits per heavy atom. The van der Waals surface area contributed by atoms with E-state index in [1.807, 2.05) is 31.2 Å². The first kappa shape index (κ1) is 16.2. The second-order valence-electron chi connectivity index (χ2n) is 5.87. The number of Topliss-reactive ketones (excluding diaryl/α,β-unsaturated/α-hetero) is 1. The summed E-state index contributed by atoms with van der Waals surface area (Å²) in [6.45, 7) is 2.26. The molecule has 0 spiro atoms. The summed E-state index contributed by atoms with van der Waals surface area (Å²) >= 11 is 0. The van der Waals surface area contributed by atoms with Crippen molar-refractivity contribution < 1.29 is 14.7 Å². The second-order valence-corrected chi connectivity index (χ2v) is 5.87. The van der Waals surface area contributed by atoms with Crippen molar-refractivity contribution in [3.8, 4) is 0 Å². The number of rotatable bonds is 5. The Morgan fingerprint density at radius 1 is 1.17 bits per heavy atom. The SMILES string of the molecule is CCO/N=C(/Cc1cccc2ccccc12)C1=C(O)CCCC1=O. The van der Waals surface area contributed by atoms with Gasteiger partial charge in [-0.3, -0.25) is 4.79 Å². The van der Waals surface area contributed by atoms with Gasteiger partial charge in [0.25, 0.3) is 0 Å². The molecule has 1 aliphatic rings. The van der Waals surface area contributed by atoms with Crippen LogP contribution in [0.3, 0.4) is 0 Å². The molecule has 0 saturated heterocycles. The molecule has 4 nitrogen and oxygen atoms in total. The maximum atomic E-state index is 12.3. The number of benzene rings is 2. The molecule has 3 rings (SSSR count). The lowest BCUT2D eigenvalue weighted by Gasteiger charge is -2.17. The smallest absolute Gasteiger partial charge is 0.168 e. The Balaban J connectivity index is 2.03. The Morgan fingerprint density at radius 2 is 1.96 bits per heavy atom. The molecule has 0 amide bonds. The molecule has 0 saturated carbocycles. The van der Waals surface area contributed by atoms with E-state index in [-0.39, 0.29) is 11.5 Å². The van der Waals surface area contributed by atoms with Gasteiger partial charge in [-0.15, -0.1) is 0 Å². The van der Waals surface area contributed by atoms with Gasteiger partial charge < -0.3 is 9.94 Å². The Hall–Kier alpha value is -2.62. The molecule has 0 aliphatic heterocycles. The van der Waals surface area contributed by atoms with Crippen LogP contribution in [-0.2, 0) is 16.1 Å². The van der Waals surface area contributed by atoms with E-state index in [1.165, 1.54) is 0 Å². The highest BCUT2D eigenvalue weighted by Gasteiger charge is 2.26. The molecule has 0 atom stereocenters. The lowest BCUT2D eigenvalue weighted by atomic mass is 9.89. The second kappa shape index (κ2) is 7.30. The lowest BCUT2D eigenvalue weighted by molar-refractivity contribution is -0.115. The van der Waals surface area contributed by atoms with E-state index in [4.69, 9.17) is 4.84 Å². The number of aliphatic hydroxyl groups excluding tert-OH is 1. The van der Waals surface area contributed by atoms with E-state index in [1.54, 1.807) is 0 Å². The standard InChI is InChI=1S/C20H21NO3/c1-2-24-21-17(20-18(22)11-6-12-19(20)23)13-15-9-5-8-14-7-3-4-10-16(14)15/h3-5,7-10,22H,2,6,11-13H2,1H3/b21-17-. The highest BCUT2D eigenvalue weighted by Crippen LogP contribution is 2.25. The van der Waals surface area contributed by atoms with Crippen molar-refractivity contribution in [3.63, 3.8) is 0 Å². The van der Waals surface area contributed by atoms with E-state index < -0.39 is 0 Å². The third-order valence-corrected chi connectivity index (χ3v) is 4.22. The number of carbonyl (C=O) groups is 1. The van der Waals surface area contributed by atoms with Crippen molar-refractivity contribution in [1.82, 2.24) is 0 Å². The lowest BCUT2D eigenvalue weighted by Crippen LogP contribution is -2.21. The number of allylic oxidation sites excluding steroid dienone is 2. The number of nitrogens with zero attached hydrogens (tertiary/aromatic N) is 1. The minimum absolute atomic E-state index is 0.0579. The monoisotopic (exact) mass is 323 g/mol. The molecular weight excluding hydrogens is 302 g/mol. The molecule has 1 N–H and O–H groups in total. The van der Waals surface area contributed by atoms with Crippen LogP contribution in [0, 0.1) is 0 Å². The van der Waals surface area contributed by atoms with E-state index in [2.05, 4.69) is 23.4 Å². The predicted molar refractivity (Wildman–Crippen MR) is 95.2 cm³/mol. The summed E-state index contributed by atoms with van der Waals surface area (Å²) in [5.74, 6) is 0.0716. The quantitative estimate of drug-likeness (QED) is 0.658. The van der Waals surface area contributed by atoms with Gasteiger partial charge in [0.1, 0.15) is 12.4 Å². The normalized spacial score (nSPS) is 15.9. The van der Waals surface area contributed by atoms with Gasteiger partial charge in [-0.2, -0.15) is 0 Å². The van der Waals surface area contributed by atoms with Gasteiger partial charge in [-0.1, -0.05) is 47.6 Å². The van der Waals surface area contributed by atoms with Gasteiger partial charge in [0.05, 0.1) is 11.3 Å². The summed E-state index contributed by atoms with van der Waals surface area (Å²) in [4.78, 5) is 17.5. The number of carbonyl (C=O) groups excluding carboxylic acids is 1. The zero-order valence-electron chi connectivity index (χ0n) is 13.8. The number of aliphatic hydroxyl groups is 1. The van der Waals surface area contributed by atoms with Crippen molar-refractivity contribution in [2.75, 3.05) is 6.61 Å². The topological polar surface area (TPSA) is 58.9 Å². The molecule has 0 fully saturated rings. The van der Waals surface area contributed by atoms with Gasteiger partial charge in [0.15, 0.2) is 5.78 Å². The minimum Gasteiger partial charge on any atom is -0.511 e. The molecule has 2 aromatic rings. The third kappa shape index (κ3) is 3.32.